The number of likely N-dealkylation sites (tertiary alicyclic amines) is 1. The minimum absolute atomic E-state index is 0.211. The smallest absolute Gasteiger partial charge is 0.410 e. The second-order valence-corrected chi connectivity index (χ2v) is 6.94. The van der Waals surface area contributed by atoms with Crippen molar-refractivity contribution < 1.29 is 9.53 Å². The Balaban J connectivity index is 1.85. The Morgan fingerprint density at radius 3 is 2.89 bits per heavy atom. The summed E-state index contributed by atoms with van der Waals surface area (Å²) >= 11 is 1.73. The minimum Gasteiger partial charge on any atom is -0.444 e. The maximum atomic E-state index is 11.9. The van der Waals surface area contributed by atoms with E-state index in [-0.39, 0.29) is 6.09 Å². The van der Waals surface area contributed by atoms with Crippen molar-refractivity contribution in [3.63, 3.8) is 0 Å². The number of amides is 1. The first-order chi connectivity index (χ1) is 8.94. The summed E-state index contributed by atoms with van der Waals surface area (Å²) in [4.78, 5) is 18.0. The van der Waals surface area contributed by atoms with E-state index >= 15 is 0 Å². The monoisotopic (exact) mass is 280 g/mol. The molecule has 0 unspecified atom stereocenters. The van der Waals surface area contributed by atoms with Crippen LogP contribution in [0.3, 0.4) is 0 Å². The normalized spacial score (nSPS) is 19.5. The van der Waals surface area contributed by atoms with Crippen molar-refractivity contribution in [3.8, 4) is 0 Å². The van der Waals surface area contributed by atoms with E-state index in [9.17, 15) is 4.79 Å². The predicted molar refractivity (Wildman–Crippen MR) is 76.3 cm³/mol. The average Bonchev–Trinajstić information content (AvgIpc) is 2.77. The van der Waals surface area contributed by atoms with Gasteiger partial charge in [-0.3, -0.25) is 0 Å². The third-order valence-corrected chi connectivity index (χ3v) is 3.92. The third kappa shape index (κ3) is 4.42. The van der Waals surface area contributed by atoms with Crippen molar-refractivity contribution in [1.82, 2.24) is 9.88 Å². The summed E-state index contributed by atoms with van der Waals surface area (Å²) in [5, 5.41) is 1.42. The van der Waals surface area contributed by atoms with Crippen LogP contribution in [0.1, 0.15) is 27.2 Å². The summed E-state index contributed by atoms with van der Waals surface area (Å²) in [7, 11) is 0. The fourth-order valence-corrected chi connectivity index (χ4v) is 3.00. The summed E-state index contributed by atoms with van der Waals surface area (Å²) in [6.07, 6.45) is 2.57. The summed E-state index contributed by atoms with van der Waals surface area (Å²) in [6, 6.07) is 5.89. The van der Waals surface area contributed by atoms with E-state index in [1.807, 2.05) is 39.0 Å². The lowest BCUT2D eigenvalue weighted by molar-refractivity contribution is 0.0295. The number of pyridine rings is 1. The molecule has 2 heterocycles. The molecule has 1 amide bonds. The van der Waals surface area contributed by atoms with E-state index in [0.717, 1.165) is 24.5 Å². The molecule has 19 heavy (non-hydrogen) atoms. The fraction of sp³-hybridized carbons (Fsp3) is 0.571. The maximum Gasteiger partial charge on any atom is 0.410 e. The van der Waals surface area contributed by atoms with Gasteiger partial charge in [-0.1, -0.05) is 6.07 Å². The van der Waals surface area contributed by atoms with Crippen LogP contribution in [0.4, 0.5) is 4.79 Å². The SMILES string of the molecule is CC(C)(C)OC(=O)N1CC[C@@H](Sc2ccccn2)C1. The maximum absolute atomic E-state index is 11.9. The molecule has 1 aliphatic rings. The Bertz CT molecular complexity index is 431. The number of carbonyl (C=O) groups is 1. The molecule has 1 fully saturated rings. The Morgan fingerprint density at radius 2 is 2.26 bits per heavy atom. The first kappa shape index (κ1) is 14.2. The number of rotatable bonds is 2. The molecular formula is C14H20N2O2S. The van der Waals surface area contributed by atoms with Gasteiger partial charge in [-0.05, 0) is 39.3 Å². The molecule has 0 radical (unpaired) electrons. The van der Waals surface area contributed by atoms with Gasteiger partial charge in [0.2, 0.25) is 0 Å². The molecule has 0 aliphatic carbocycles. The Hall–Kier alpha value is -1.23. The van der Waals surface area contributed by atoms with E-state index < -0.39 is 5.60 Å². The van der Waals surface area contributed by atoms with Crippen molar-refractivity contribution in [3.05, 3.63) is 24.4 Å². The van der Waals surface area contributed by atoms with Gasteiger partial charge in [0.1, 0.15) is 5.60 Å². The highest BCUT2D eigenvalue weighted by molar-refractivity contribution is 7.99. The lowest BCUT2D eigenvalue weighted by Gasteiger charge is -2.24. The predicted octanol–water partition coefficient (Wildman–Crippen LogP) is 3.18. The Kier molecular flexibility index (Phi) is 4.34. The number of hydrogen-bond donors (Lipinski definition) is 0. The summed E-state index contributed by atoms with van der Waals surface area (Å²) < 4.78 is 5.38. The van der Waals surface area contributed by atoms with Crippen molar-refractivity contribution in [1.29, 1.82) is 0 Å². The molecule has 1 saturated heterocycles. The van der Waals surface area contributed by atoms with E-state index in [1.165, 1.54) is 0 Å². The topological polar surface area (TPSA) is 42.4 Å². The molecule has 1 aliphatic heterocycles. The van der Waals surface area contributed by atoms with E-state index in [1.54, 1.807) is 22.9 Å². The van der Waals surface area contributed by atoms with Crippen LogP contribution in [-0.4, -0.2) is 39.9 Å². The molecule has 0 aromatic carbocycles. The molecule has 104 valence electrons. The van der Waals surface area contributed by atoms with Crippen LogP contribution in [0.5, 0.6) is 0 Å². The van der Waals surface area contributed by atoms with Gasteiger partial charge in [0.25, 0.3) is 0 Å². The van der Waals surface area contributed by atoms with Gasteiger partial charge < -0.3 is 9.64 Å². The molecule has 1 atom stereocenters. The third-order valence-electron chi connectivity index (χ3n) is 2.72. The number of nitrogens with zero attached hydrogens (tertiary/aromatic N) is 2. The zero-order valence-electron chi connectivity index (χ0n) is 11.6. The van der Waals surface area contributed by atoms with Gasteiger partial charge in [0.15, 0.2) is 0 Å². The van der Waals surface area contributed by atoms with Crippen LogP contribution in [0.15, 0.2) is 29.4 Å². The highest BCUT2D eigenvalue weighted by Gasteiger charge is 2.30. The molecule has 0 bridgehead atoms. The van der Waals surface area contributed by atoms with Crippen molar-refractivity contribution in [2.24, 2.45) is 0 Å². The van der Waals surface area contributed by atoms with Crippen LogP contribution in [-0.2, 0) is 4.74 Å². The first-order valence-electron chi connectivity index (χ1n) is 6.50. The molecule has 1 aromatic heterocycles. The van der Waals surface area contributed by atoms with Gasteiger partial charge >= 0.3 is 6.09 Å². The standard InChI is InChI=1S/C14H20N2O2S/c1-14(2,3)18-13(17)16-9-7-11(10-16)19-12-6-4-5-8-15-12/h4-6,8,11H,7,9-10H2,1-3H3/t11-/m1/s1. The number of aromatic nitrogens is 1. The second kappa shape index (κ2) is 5.82. The van der Waals surface area contributed by atoms with Crippen LogP contribution in [0, 0.1) is 0 Å². The molecule has 4 nitrogen and oxygen atoms in total. The number of thioether (sulfide) groups is 1. The van der Waals surface area contributed by atoms with Crippen LogP contribution < -0.4 is 0 Å². The first-order valence-corrected chi connectivity index (χ1v) is 7.37. The van der Waals surface area contributed by atoms with Crippen LogP contribution in [0.25, 0.3) is 0 Å². The van der Waals surface area contributed by atoms with Crippen LogP contribution in [0.2, 0.25) is 0 Å². The molecule has 0 saturated carbocycles. The van der Waals surface area contributed by atoms with Gasteiger partial charge in [0, 0.05) is 24.5 Å². The van der Waals surface area contributed by atoms with Gasteiger partial charge in [-0.2, -0.15) is 0 Å². The lowest BCUT2D eigenvalue weighted by Crippen LogP contribution is -2.35. The zero-order valence-corrected chi connectivity index (χ0v) is 12.4. The minimum atomic E-state index is -0.427. The molecule has 0 spiro atoms. The molecular weight excluding hydrogens is 260 g/mol. The summed E-state index contributed by atoms with van der Waals surface area (Å²) in [5.41, 5.74) is -0.427. The average molecular weight is 280 g/mol. The summed E-state index contributed by atoms with van der Waals surface area (Å²) in [5.74, 6) is 0. The van der Waals surface area contributed by atoms with Gasteiger partial charge in [-0.15, -0.1) is 11.8 Å². The zero-order chi connectivity index (χ0) is 13.9. The van der Waals surface area contributed by atoms with E-state index in [0.29, 0.717) is 5.25 Å². The van der Waals surface area contributed by atoms with Crippen molar-refractivity contribution in [2.45, 2.75) is 43.1 Å². The molecule has 1 aromatic rings. The van der Waals surface area contributed by atoms with E-state index in [2.05, 4.69) is 4.98 Å². The Labute approximate surface area is 118 Å². The molecule has 5 heteroatoms. The highest BCUT2D eigenvalue weighted by atomic mass is 32.2. The second-order valence-electron chi connectivity index (χ2n) is 5.62. The van der Waals surface area contributed by atoms with Crippen LogP contribution >= 0.6 is 11.8 Å². The number of carbonyl (C=O) groups excluding carboxylic acids is 1. The van der Waals surface area contributed by atoms with Crippen molar-refractivity contribution >= 4 is 17.9 Å². The molecule has 0 N–H and O–H groups in total. The highest BCUT2D eigenvalue weighted by Crippen LogP contribution is 2.28. The quantitative estimate of drug-likeness (QED) is 0.834. The summed E-state index contributed by atoms with van der Waals surface area (Å²) in [6.45, 7) is 7.17. The lowest BCUT2D eigenvalue weighted by atomic mass is 10.2. The number of ether oxygens (including phenoxy) is 1. The molecule has 2 rings (SSSR count). The number of hydrogen-bond acceptors (Lipinski definition) is 4. The van der Waals surface area contributed by atoms with E-state index in [4.69, 9.17) is 4.74 Å². The van der Waals surface area contributed by atoms with Gasteiger partial charge in [0.05, 0.1) is 5.03 Å². The largest absolute Gasteiger partial charge is 0.444 e. The Morgan fingerprint density at radius 1 is 1.47 bits per heavy atom. The fourth-order valence-electron chi connectivity index (χ4n) is 1.90. The van der Waals surface area contributed by atoms with Gasteiger partial charge in [-0.25, -0.2) is 9.78 Å². The van der Waals surface area contributed by atoms with Crippen molar-refractivity contribution in [2.75, 3.05) is 13.1 Å².